The molecule has 1 fully saturated rings. The van der Waals surface area contributed by atoms with Crippen LogP contribution in [-0.2, 0) is 22.7 Å². The minimum Gasteiger partial charge on any atom is -0.497 e. The number of piperidine rings is 1. The summed E-state index contributed by atoms with van der Waals surface area (Å²) in [6, 6.07) is 9.74. The van der Waals surface area contributed by atoms with Crippen molar-refractivity contribution in [2.75, 3.05) is 20.2 Å². The maximum atomic E-state index is 11.5. The van der Waals surface area contributed by atoms with E-state index in [1.54, 1.807) is 23.5 Å². The normalized spacial score (nSPS) is 16.6. The number of thioether (sulfide) groups is 1. The van der Waals surface area contributed by atoms with Crippen molar-refractivity contribution in [3.8, 4) is 5.75 Å². The van der Waals surface area contributed by atoms with Crippen LogP contribution in [0.2, 0.25) is 0 Å². The summed E-state index contributed by atoms with van der Waals surface area (Å²) in [6.45, 7) is 4.30. The zero-order valence-corrected chi connectivity index (χ0v) is 21.4. The molecule has 0 saturated carbocycles. The van der Waals surface area contributed by atoms with Gasteiger partial charge in [0.1, 0.15) is 12.3 Å². The summed E-state index contributed by atoms with van der Waals surface area (Å²) in [6.07, 6.45) is -0.171. The molecule has 11 nitrogen and oxygen atoms in total. The van der Waals surface area contributed by atoms with Gasteiger partial charge in [-0.2, -0.15) is 23.1 Å². The molecule has 204 valence electrons. The van der Waals surface area contributed by atoms with Crippen LogP contribution in [0.1, 0.15) is 30.4 Å². The van der Waals surface area contributed by atoms with Gasteiger partial charge in [0.15, 0.2) is 10.9 Å². The molecule has 0 spiro atoms. The second-order valence-electron chi connectivity index (χ2n) is 8.11. The van der Waals surface area contributed by atoms with E-state index < -0.39 is 12.1 Å². The van der Waals surface area contributed by atoms with Crippen LogP contribution in [-0.4, -0.2) is 77.8 Å². The van der Waals surface area contributed by atoms with Gasteiger partial charge in [-0.05, 0) is 53.6 Å². The lowest BCUT2D eigenvalue weighted by molar-refractivity contribution is -0.192. The lowest BCUT2D eigenvalue weighted by atomic mass is 10.0. The van der Waals surface area contributed by atoms with Crippen LogP contribution < -0.4 is 10.1 Å². The number of hydrogen-bond acceptors (Lipinski definition) is 9. The van der Waals surface area contributed by atoms with Crippen molar-refractivity contribution in [3.05, 3.63) is 59.2 Å². The maximum Gasteiger partial charge on any atom is 0.490 e. The molecule has 3 aromatic rings. The molecular formula is C23H26F3N7O4S. The molecular weight excluding hydrogens is 527 g/mol. The number of carboxylic acid groups (broad SMARTS) is 1. The van der Waals surface area contributed by atoms with E-state index in [1.165, 1.54) is 17.3 Å². The third-order valence-corrected chi connectivity index (χ3v) is 6.31. The molecule has 1 atom stereocenters. The molecule has 1 aliphatic heterocycles. The Balaban J connectivity index is 0.000000505. The van der Waals surface area contributed by atoms with Gasteiger partial charge in [0.25, 0.3) is 0 Å². The summed E-state index contributed by atoms with van der Waals surface area (Å²) in [7, 11) is 1.65. The first kappa shape index (κ1) is 28.8. The summed E-state index contributed by atoms with van der Waals surface area (Å²) in [5, 5.41) is 28.2. The van der Waals surface area contributed by atoms with E-state index in [9.17, 15) is 18.0 Å². The van der Waals surface area contributed by atoms with E-state index in [0.29, 0.717) is 18.9 Å². The lowest BCUT2D eigenvalue weighted by Crippen LogP contribution is -2.32. The highest BCUT2D eigenvalue weighted by Crippen LogP contribution is 2.26. The molecule has 0 radical (unpaired) electrons. The van der Waals surface area contributed by atoms with Crippen LogP contribution in [0.25, 0.3) is 6.08 Å². The molecule has 38 heavy (non-hydrogen) atoms. The zero-order valence-electron chi connectivity index (χ0n) is 20.6. The van der Waals surface area contributed by atoms with Gasteiger partial charge in [0, 0.05) is 24.9 Å². The van der Waals surface area contributed by atoms with E-state index in [4.69, 9.17) is 14.6 Å². The molecule has 1 aliphatic rings. The molecule has 15 heteroatoms. The molecule has 1 saturated heterocycles. The SMILES string of the molecule is COc1ccc(Cn2nnc(Cn3ccc(C=C4CNCCC4SC(C)=O)n3)n2)cc1.O=C(O)C(F)(F)F. The highest BCUT2D eigenvalue weighted by atomic mass is 32.2. The molecule has 0 bridgehead atoms. The third kappa shape index (κ3) is 8.99. The number of aromatic nitrogens is 6. The molecule has 1 unspecified atom stereocenters. The minimum absolute atomic E-state index is 0.145. The summed E-state index contributed by atoms with van der Waals surface area (Å²) in [4.78, 5) is 22.0. The number of benzene rings is 1. The van der Waals surface area contributed by atoms with Gasteiger partial charge in [0.2, 0.25) is 0 Å². The Morgan fingerprint density at radius 3 is 2.55 bits per heavy atom. The number of halogens is 3. The van der Waals surface area contributed by atoms with Crippen molar-refractivity contribution in [1.82, 2.24) is 35.3 Å². The number of alkyl halides is 3. The van der Waals surface area contributed by atoms with Gasteiger partial charge in [-0.25, -0.2) is 4.79 Å². The minimum atomic E-state index is -5.08. The van der Waals surface area contributed by atoms with Gasteiger partial charge in [-0.1, -0.05) is 23.9 Å². The van der Waals surface area contributed by atoms with Crippen molar-refractivity contribution in [3.63, 3.8) is 0 Å². The molecule has 0 aliphatic carbocycles. The molecule has 1 aromatic carbocycles. The molecule has 3 heterocycles. The van der Waals surface area contributed by atoms with E-state index in [-0.39, 0.29) is 10.4 Å². The summed E-state index contributed by atoms with van der Waals surface area (Å²) in [5.74, 6) is -1.34. The average Bonchev–Trinajstić information content (AvgIpc) is 3.49. The first-order chi connectivity index (χ1) is 18.0. The van der Waals surface area contributed by atoms with Crippen LogP contribution >= 0.6 is 11.8 Å². The topological polar surface area (TPSA) is 137 Å². The fraction of sp³-hybridized carbons (Fsp3) is 0.391. The fourth-order valence-corrected chi connectivity index (χ4v) is 4.36. The monoisotopic (exact) mass is 553 g/mol. The largest absolute Gasteiger partial charge is 0.497 e. The van der Waals surface area contributed by atoms with Crippen molar-refractivity contribution >= 4 is 28.9 Å². The Bertz CT molecular complexity index is 1260. The van der Waals surface area contributed by atoms with Crippen LogP contribution in [0.4, 0.5) is 13.2 Å². The van der Waals surface area contributed by atoms with E-state index in [0.717, 1.165) is 36.5 Å². The highest BCUT2D eigenvalue weighted by molar-refractivity contribution is 8.14. The van der Waals surface area contributed by atoms with Gasteiger partial charge >= 0.3 is 12.1 Å². The number of hydrogen-bond donors (Lipinski definition) is 2. The molecule has 2 aromatic heterocycles. The van der Waals surface area contributed by atoms with Crippen LogP contribution in [0.3, 0.4) is 0 Å². The molecule has 4 rings (SSSR count). The maximum absolute atomic E-state index is 11.5. The molecule has 0 amide bonds. The Hall–Kier alpha value is -3.72. The van der Waals surface area contributed by atoms with Crippen LogP contribution in [0, 0.1) is 0 Å². The van der Waals surface area contributed by atoms with Crippen LogP contribution in [0.5, 0.6) is 5.75 Å². The second-order valence-corrected chi connectivity index (χ2v) is 9.49. The standard InChI is InChI=1S/C21H25N7O2S.C2HF3O2/c1-15(29)31-20-7-9-22-12-17(20)11-18-8-10-27(24-18)14-21-23-26-28(25-21)13-16-3-5-19(30-2)6-4-16;3-2(4,5)1(6)7/h3-6,8,10-11,20,22H,7,9,12-14H2,1-2H3;(H,6,7). The Morgan fingerprint density at radius 1 is 1.21 bits per heavy atom. The van der Waals surface area contributed by atoms with E-state index >= 15 is 0 Å². The Kier molecular flexibility index (Phi) is 10.0. The Labute approximate surface area is 220 Å². The number of nitrogens with zero attached hydrogens (tertiary/aromatic N) is 6. The summed E-state index contributed by atoms with van der Waals surface area (Å²) in [5.41, 5.74) is 3.12. The van der Waals surface area contributed by atoms with Gasteiger partial charge in [-0.3, -0.25) is 9.48 Å². The number of carbonyl (C=O) groups is 2. The number of carboxylic acids is 1. The lowest BCUT2D eigenvalue weighted by Gasteiger charge is -2.24. The first-order valence-electron chi connectivity index (χ1n) is 11.3. The second kappa shape index (κ2) is 13.2. The number of rotatable bonds is 7. The Morgan fingerprint density at radius 2 is 1.92 bits per heavy atom. The average molecular weight is 554 g/mol. The van der Waals surface area contributed by atoms with Crippen molar-refractivity contribution < 1.29 is 32.6 Å². The predicted octanol–water partition coefficient (Wildman–Crippen LogP) is 2.63. The number of aliphatic carboxylic acids is 1. The first-order valence-corrected chi connectivity index (χ1v) is 12.2. The van der Waals surface area contributed by atoms with E-state index in [2.05, 4.69) is 31.9 Å². The third-order valence-electron chi connectivity index (χ3n) is 5.15. The molecule has 2 N–H and O–H groups in total. The summed E-state index contributed by atoms with van der Waals surface area (Å²) < 4.78 is 38.7. The van der Waals surface area contributed by atoms with Crippen LogP contribution in [0.15, 0.2) is 42.1 Å². The van der Waals surface area contributed by atoms with E-state index in [1.807, 2.05) is 36.5 Å². The zero-order chi connectivity index (χ0) is 27.7. The van der Waals surface area contributed by atoms with Crippen molar-refractivity contribution in [1.29, 1.82) is 0 Å². The number of tetrazole rings is 1. The quantitative estimate of drug-likeness (QED) is 0.449. The van der Waals surface area contributed by atoms with Crippen molar-refractivity contribution in [2.45, 2.75) is 37.9 Å². The van der Waals surface area contributed by atoms with Gasteiger partial charge < -0.3 is 15.2 Å². The predicted molar refractivity (Wildman–Crippen MR) is 132 cm³/mol. The number of ether oxygens (including phenoxy) is 1. The van der Waals surface area contributed by atoms with Crippen molar-refractivity contribution in [2.24, 2.45) is 0 Å². The summed E-state index contributed by atoms with van der Waals surface area (Å²) >= 11 is 1.40. The fourth-order valence-electron chi connectivity index (χ4n) is 3.42. The van der Waals surface area contributed by atoms with Gasteiger partial charge in [-0.15, -0.1) is 10.2 Å². The smallest absolute Gasteiger partial charge is 0.490 e. The number of carbonyl (C=O) groups excluding carboxylic acids is 1. The highest BCUT2D eigenvalue weighted by Gasteiger charge is 2.38. The number of nitrogens with one attached hydrogen (secondary N) is 1. The van der Waals surface area contributed by atoms with Gasteiger partial charge in [0.05, 0.1) is 19.3 Å². The number of methoxy groups -OCH3 is 1.